The van der Waals surface area contributed by atoms with Crippen molar-refractivity contribution >= 4 is 23.2 Å². The second kappa shape index (κ2) is 7.80. The molecule has 1 aliphatic rings. The predicted octanol–water partition coefficient (Wildman–Crippen LogP) is 2.34. The Bertz CT molecular complexity index is 708. The Labute approximate surface area is 152 Å². The van der Waals surface area contributed by atoms with Crippen LogP contribution in [0, 0.1) is 0 Å². The maximum Gasteiger partial charge on any atom is 0.264 e. The first-order valence-electron chi connectivity index (χ1n) is 8.41. The molecule has 0 aliphatic carbocycles. The van der Waals surface area contributed by atoms with E-state index in [0.717, 1.165) is 10.4 Å². The summed E-state index contributed by atoms with van der Waals surface area (Å²) < 4.78 is 0. The molecule has 0 bridgehead atoms. The van der Waals surface area contributed by atoms with Gasteiger partial charge < -0.3 is 9.80 Å². The Morgan fingerprint density at radius 2 is 1.68 bits per heavy atom. The van der Waals surface area contributed by atoms with Gasteiger partial charge in [-0.05, 0) is 17.0 Å². The average molecular weight is 357 g/mol. The van der Waals surface area contributed by atoms with Crippen molar-refractivity contribution < 1.29 is 9.59 Å². The second-order valence-electron chi connectivity index (χ2n) is 6.35. The summed E-state index contributed by atoms with van der Waals surface area (Å²) in [7, 11) is 3.57. The van der Waals surface area contributed by atoms with Crippen LogP contribution in [0.25, 0.3) is 0 Å². The number of nitrogens with zero attached hydrogens (tertiary/aromatic N) is 3. The summed E-state index contributed by atoms with van der Waals surface area (Å²) in [5.74, 6) is 0.161. The van der Waals surface area contributed by atoms with Gasteiger partial charge >= 0.3 is 0 Å². The van der Waals surface area contributed by atoms with E-state index in [2.05, 4.69) is 4.90 Å². The summed E-state index contributed by atoms with van der Waals surface area (Å²) in [5, 5.41) is 1.92. The molecule has 1 fully saturated rings. The number of carbonyl (C=O) groups excluding carboxylic acids is 2. The molecule has 132 valence electrons. The van der Waals surface area contributed by atoms with Crippen LogP contribution in [0.5, 0.6) is 0 Å². The molecular weight excluding hydrogens is 334 g/mol. The first kappa shape index (κ1) is 17.6. The van der Waals surface area contributed by atoms with Gasteiger partial charge in [-0.25, -0.2) is 0 Å². The largest absolute Gasteiger partial charge is 0.347 e. The summed E-state index contributed by atoms with van der Waals surface area (Å²) in [5.41, 5.74) is 0.999. The van der Waals surface area contributed by atoms with Gasteiger partial charge in [-0.2, -0.15) is 0 Å². The number of likely N-dealkylation sites (N-methyl/N-ethyl adjacent to an activating group) is 1. The van der Waals surface area contributed by atoms with Crippen molar-refractivity contribution in [1.29, 1.82) is 0 Å². The molecule has 1 atom stereocenters. The van der Waals surface area contributed by atoms with E-state index in [1.165, 1.54) is 11.3 Å². The minimum Gasteiger partial charge on any atom is -0.347 e. The molecular formula is C19H23N3O2S. The second-order valence-corrected chi connectivity index (χ2v) is 7.30. The first-order valence-corrected chi connectivity index (χ1v) is 9.29. The maximum absolute atomic E-state index is 12.8. The molecule has 2 heterocycles. The van der Waals surface area contributed by atoms with Crippen LogP contribution < -0.4 is 0 Å². The Morgan fingerprint density at radius 3 is 2.24 bits per heavy atom. The normalized spacial score (nSPS) is 16.5. The monoisotopic (exact) mass is 357 g/mol. The van der Waals surface area contributed by atoms with Crippen molar-refractivity contribution in [3.05, 3.63) is 58.3 Å². The molecule has 2 aromatic rings. The Morgan fingerprint density at radius 1 is 1.00 bits per heavy atom. The van der Waals surface area contributed by atoms with Crippen molar-refractivity contribution in [2.75, 3.05) is 40.3 Å². The lowest BCUT2D eigenvalue weighted by Crippen LogP contribution is -2.52. The summed E-state index contributed by atoms with van der Waals surface area (Å²) >= 11 is 1.47. The van der Waals surface area contributed by atoms with E-state index in [0.29, 0.717) is 26.2 Å². The Hall–Kier alpha value is -2.18. The third-order valence-corrected chi connectivity index (χ3v) is 5.35. The quantitative estimate of drug-likeness (QED) is 0.844. The summed E-state index contributed by atoms with van der Waals surface area (Å²) in [4.78, 5) is 31.7. The SMILES string of the molecule is CN(C)C(=O)[C@@H](c1ccccc1)N1CCN(C(=O)c2cccs2)CC1. The van der Waals surface area contributed by atoms with E-state index < -0.39 is 0 Å². The average Bonchev–Trinajstić information content (AvgIpc) is 3.17. The molecule has 1 saturated heterocycles. The molecule has 2 amide bonds. The van der Waals surface area contributed by atoms with Crippen LogP contribution >= 0.6 is 11.3 Å². The smallest absolute Gasteiger partial charge is 0.264 e. The highest BCUT2D eigenvalue weighted by Gasteiger charge is 2.32. The van der Waals surface area contributed by atoms with Crippen molar-refractivity contribution in [2.24, 2.45) is 0 Å². The van der Waals surface area contributed by atoms with Gasteiger partial charge in [0.1, 0.15) is 6.04 Å². The van der Waals surface area contributed by atoms with Gasteiger partial charge in [-0.3, -0.25) is 14.5 Å². The molecule has 1 aromatic heterocycles. The number of thiophene rings is 1. The van der Waals surface area contributed by atoms with Gasteiger partial charge in [0.25, 0.3) is 5.91 Å². The summed E-state index contributed by atoms with van der Waals surface area (Å²) in [6.07, 6.45) is 0. The Kier molecular flexibility index (Phi) is 5.50. The van der Waals surface area contributed by atoms with Crippen molar-refractivity contribution in [1.82, 2.24) is 14.7 Å². The van der Waals surface area contributed by atoms with Crippen LogP contribution in [0.1, 0.15) is 21.3 Å². The number of piperazine rings is 1. The highest BCUT2D eigenvalue weighted by atomic mass is 32.1. The maximum atomic E-state index is 12.8. The van der Waals surface area contributed by atoms with Crippen molar-refractivity contribution in [3.63, 3.8) is 0 Å². The van der Waals surface area contributed by atoms with Crippen LogP contribution in [0.3, 0.4) is 0 Å². The van der Waals surface area contributed by atoms with E-state index >= 15 is 0 Å². The molecule has 0 radical (unpaired) electrons. The van der Waals surface area contributed by atoms with Crippen LogP contribution in [0.4, 0.5) is 0 Å². The van der Waals surface area contributed by atoms with Crippen LogP contribution in [0.15, 0.2) is 47.8 Å². The highest BCUT2D eigenvalue weighted by molar-refractivity contribution is 7.12. The fraction of sp³-hybridized carbons (Fsp3) is 0.368. The van der Waals surface area contributed by atoms with Gasteiger partial charge in [0.05, 0.1) is 4.88 Å². The first-order chi connectivity index (χ1) is 12.1. The number of rotatable bonds is 4. The molecule has 0 unspecified atom stereocenters. The van der Waals surface area contributed by atoms with Crippen LogP contribution in [-0.2, 0) is 4.79 Å². The molecule has 1 aromatic carbocycles. The lowest BCUT2D eigenvalue weighted by Gasteiger charge is -2.39. The molecule has 0 spiro atoms. The third-order valence-electron chi connectivity index (χ3n) is 4.49. The fourth-order valence-electron chi connectivity index (χ4n) is 3.13. The summed E-state index contributed by atoms with van der Waals surface area (Å²) in [6, 6.07) is 13.3. The zero-order valence-electron chi connectivity index (χ0n) is 14.6. The minimum absolute atomic E-state index is 0.0734. The van der Waals surface area contributed by atoms with E-state index in [4.69, 9.17) is 0 Å². The van der Waals surface area contributed by atoms with Gasteiger partial charge in [-0.1, -0.05) is 36.4 Å². The molecule has 5 nitrogen and oxygen atoms in total. The molecule has 0 saturated carbocycles. The molecule has 3 rings (SSSR count). The zero-order chi connectivity index (χ0) is 17.8. The van der Waals surface area contributed by atoms with Crippen LogP contribution in [-0.4, -0.2) is 66.8 Å². The van der Waals surface area contributed by atoms with E-state index in [1.54, 1.807) is 19.0 Å². The molecule has 6 heteroatoms. The van der Waals surface area contributed by atoms with Gasteiger partial charge in [0.2, 0.25) is 5.91 Å². The van der Waals surface area contributed by atoms with Gasteiger partial charge in [0, 0.05) is 40.3 Å². The van der Waals surface area contributed by atoms with Crippen molar-refractivity contribution in [3.8, 4) is 0 Å². The predicted molar refractivity (Wildman–Crippen MR) is 99.7 cm³/mol. The fourth-order valence-corrected chi connectivity index (χ4v) is 3.82. The lowest BCUT2D eigenvalue weighted by molar-refractivity contribution is -0.135. The number of carbonyl (C=O) groups is 2. The summed E-state index contributed by atoms with van der Waals surface area (Å²) in [6.45, 7) is 2.66. The minimum atomic E-state index is -0.296. The van der Waals surface area contributed by atoms with Crippen LogP contribution in [0.2, 0.25) is 0 Å². The van der Waals surface area contributed by atoms with Crippen molar-refractivity contribution in [2.45, 2.75) is 6.04 Å². The molecule has 1 aliphatic heterocycles. The third kappa shape index (κ3) is 3.91. The number of hydrogen-bond acceptors (Lipinski definition) is 4. The zero-order valence-corrected chi connectivity index (χ0v) is 15.4. The topological polar surface area (TPSA) is 43.9 Å². The Balaban J connectivity index is 1.72. The molecule has 0 N–H and O–H groups in total. The lowest BCUT2D eigenvalue weighted by atomic mass is 10.0. The van der Waals surface area contributed by atoms with Gasteiger partial charge in [-0.15, -0.1) is 11.3 Å². The number of benzene rings is 1. The van der Waals surface area contributed by atoms with E-state index in [-0.39, 0.29) is 17.9 Å². The van der Waals surface area contributed by atoms with E-state index in [9.17, 15) is 9.59 Å². The number of hydrogen-bond donors (Lipinski definition) is 0. The van der Waals surface area contributed by atoms with E-state index in [1.807, 2.05) is 52.7 Å². The molecule has 25 heavy (non-hydrogen) atoms. The highest BCUT2D eigenvalue weighted by Crippen LogP contribution is 2.24. The van der Waals surface area contributed by atoms with Gasteiger partial charge in [0.15, 0.2) is 0 Å². The standard InChI is InChI=1S/C19H23N3O2S/c1-20(2)19(24)17(15-7-4-3-5-8-15)21-10-12-22(13-11-21)18(23)16-9-6-14-25-16/h3-9,14,17H,10-13H2,1-2H3/t17-/m1/s1. The number of amides is 2.